The van der Waals surface area contributed by atoms with Crippen LogP contribution in [0.15, 0.2) is 0 Å². The molecule has 0 aliphatic carbocycles. The van der Waals surface area contributed by atoms with Crippen molar-refractivity contribution >= 4 is 0 Å². The van der Waals surface area contributed by atoms with E-state index in [1.807, 2.05) is 0 Å². The summed E-state index contributed by atoms with van der Waals surface area (Å²) in [6.45, 7) is -0.355. The minimum absolute atomic E-state index is 0.193. The van der Waals surface area contributed by atoms with E-state index in [0.717, 1.165) is 0 Å². The Bertz CT molecular complexity index is 460. The van der Waals surface area contributed by atoms with Gasteiger partial charge in [-0.2, -0.15) is 0 Å². The molecule has 0 radical (unpaired) electrons. The van der Waals surface area contributed by atoms with Gasteiger partial charge in [0.2, 0.25) is 0 Å². The van der Waals surface area contributed by atoms with Gasteiger partial charge in [-0.15, -0.1) is 0 Å². The predicted octanol–water partition coefficient (Wildman–Crippen LogP) is -1.88. The van der Waals surface area contributed by atoms with Crippen molar-refractivity contribution in [2.24, 2.45) is 11.8 Å². The molecule has 10 unspecified atom stereocenters. The molecular weight excluding hydrogens is 360 g/mol. The summed E-state index contributed by atoms with van der Waals surface area (Å²) in [5, 5.41) is 60.9. The summed E-state index contributed by atoms with van der Waals surface area (Å²) in [6.07, 6.45) is -4.92. The minimum atomic E-state index is -1.21. The third kappa shape index (κ3) is 4.47. The molecule has 158 valence electrons. The molecule has 0 saturated carbocycles. The summed E-state index contributed by atoms with van der Waals surface area (Å²) < 4.78 is 17.1. The highest BCUT2D eigenvalue weighted by atomic mass is 16.7. The van der Waals surface area contributed by atoms with Crippen LogP contribution in [0.2, 0.25) is 0 Å². The van der Waals surface area contributed by atoms with Crippen molar-refractivity contribution in [2.75, 3.05) is 19.8 Å². The van der Waals surface area contributed by atoms with Gasteiger partial charge in [0.15, 0.2) is 6.29 Å². The second-order valence-corrected chi connectivity index (χ2v) is 7.86. The van der Waals surface area contributed by atoms with Gasteiger partial charge in [-0.1, -0.05) is 6.42 Å². The second kappa shape index (κ2) is 9.43. The molecule has 6 aliphatic rings. The van der Waals surface area contributed by atoms with Crippen molar-refractivity contribution in [2.45, 2.75) is 81.1 Å². The standard InChI is InChI=1S/C18H32O9/c19-7-12-10-4-2-6-25-18-17(24)15(22)9(13(8-20)27-18)3-1-5-11(26-12)16(23)14(10)21/h9-24H,1-8H2. The lowest BCUT2D eigenvalue weighted by atomic mass is 9.81. The molecule has 6 fully saturated rings. The van der Waals surface area contributed by atoms with Crippen molar-refractivity contribution in [3.63, 3.8) is 0 Å². The van der Waals surface area contributed by atoms with Crippen LogP contribution < -0.4 is 0 Å². The maximum Gasteiger partial charge on any atom is 0.186 e. The first-order chi connectivity index (χ1) is 13.0. The van der Waals surface area contributed by atoms with Crippen LogP contribution in [-0.4, -0.2) is 99.5 Å². The second-order valence-electron chi connectivity index (χ2n) is 7.86. The molecule has 6 heterocycles. The zero-order valence-corrected chi connectivity index (χ0v) is 15.3. The highest BCUT2D eigenvalue weighted by molar-refractivity contribution is 4.93. The molecule has 9 heteroatoms. The van der Waals surface area contributed by atoms with Gasteiger partial charge in [-0.05, 0) is 25.7 Å². The normalized spacial score (nSPS) is 49.6. The van der Waals surface area contributed by atoms with E-state index in [9.17, 15) is 30.6 Å². The molecule has 6 saturated heterocycles. The largest absolute Gasteiger partial charge is 0.394 e. The van der Waals surface area contributed by atoms with E-state index in [0.29, 0.717) is 32.1 Å². The van der Waals surface area contributed by atoms with E-state index < -0.39 is 60.9 Å². The Morgan fingerprint density at radius 3 is 1.93 bits per heavy atom. The van der Waals surface area contributed by atoms with Crippen molar-refractivity contribution in [3.8, 4) is 0 Å². The molecule has 0 aromatic rings. The summed E-state index contributed by atoms with van der Waals surface area (Å²) in [6, 6.07) is 0. The quantitative estimate of drug-likeness (QED) is 0.317. The number of aliphatic hydroxyl groups is 6. The van der Waals surface area contributed by atoms with Gasteiger partial charge in [0.25, 0.3) is 0 Å². The average Bonchev–Trinajstić information content (AvgIpc) is 2.68. The lowest BCUT2D eigenvalue weighted by Crippen LogP contribution is -2.56. The molecule has 9 nitrogen and oxygen atoms in total. The number of hydrogen-bond donors (Lipinski definition) is 6. The highest BCUT2D eigenvalue weighted by Crippen LogP contribution is 2.35. The Hall–Kier alpha value is -0.360. The summed E-state index contributed by atoms with van der Waals surface area (Å²) in [4.78, 5) is 0. The van der Waals surface area contributed by atoms with Gasteiger partial charge < -0.3 is 44.8 Å². The molecule has 0 aromatic heterocycles. The summed E-state index contributed by atoms with van der Waals surface area (Å²) >= 11 is 0. The Balaban J connectivity index is 1.77. The zero-order chi connectivity index (χ0) is 19.6. The van der Waals surface area contributed by atoms with E-state index in [1.165, 1.54) is 0 Å². The number of ether oxygens (including phenoxy) is 3. The summed E-state index contributed by atoms with van der Waals surface area (Å²) in [7, 11) is 0. The zero-order valence-electron chi connectivity index (χ0n) is 15.3. The molecule has 10 atom stereocenters. The Morgan fingerprint density at radius 1 is 0.667 bits per heavy atom. The maximum absolute atomic E-state index is 10.5. The van der Waals surface area contributed by atoms with Crippen molar-refractivity contribution in [1.29, 1.82) is 0 Å². The van der Waals surface area contributed by atoms with Gasteiger partial charge in [0.05, 0.1) is 43.7 Å². The third-order valence-corrected chi connectivity index (χ3v) is 6.20. The van der Waals surface area contributed by atoms with Gasteiger partial charge in [-0.3, -0.25) is 0 Å². The lowest BCUT2D eigenvalue weighted by Gasteiger charge is -2.43. The van der Waals surface area contributed by atoms with Gasteiger partial charge in [-0.25, -0.2) is 0 Å². The van der Waals surface area contributed by atoms with Crippen molar-refractivity contribution in [1.82, 2.24) is 0 Å². The first-order valence-corrected chi connectivity index (χ1v) is 9.84. The van der Waals surface area contributed by atoms with Crippen LogP contribution in [0.5, 0.6) is 0 Å². The van der Waals surface area contributed by atoms with E-state index in [2.05, 4.69) is 0 Å². The van der Waals surface area contributed by atoms with E-state index in [-0.39, 0.29) is 19.8 Å². The SMILES string of the molecule is OCC1OC2CCCC3C(CO)OC(OCCCC1C(O)C2O)C(O)C3O. The lowest BCUT2D eigenvalue weighted by molar-refractivity contribution is -0.291. The van der Waals surface area contributed by atoms with E-state index in [4.69, 9.17) is 14.2 Å². The first kappa shape index (κ1) is 21.4. The van der Waals surface area contributed by atoms with Crippen LogP contribution in [0, 0.1) is 11.8 Å². The van der Waals surface area contributed by atoms with Crippen LogP contribution in [-0.2, 0) is 14.2 Å². The molecule has 0 aromatic carbocycles. The minimum Gasteiger partial charge on any atom is -0.394 e. The maximum atomic E-state index is 10.5. The smallest absolute Gasteiger partial charge is 0.186 e. The van der Waals surface area contributed by atoms with Crippen molar-refractivity contribution < 1.29 is 44.8 Å². The molecule has 4 bridgehead atoms. The van der Waals surface area contributed by atoms with E-state index in [1.54, 1.807) is 0 Å². The fourth-order valence-electron chi connectivity index (χ4n) is 4.61. The monoisotopic (exact) mass is 392 g/mol. The molecule has 6 aliphatic heterocycles. The van der Waals surface area contributed by atoms with Gasteiger partial charge in [0, 0.05) is 18.4 Å². The van der Waals surface area contributed by atoms with Crippen LogP contribution in [0.4, 0.5) is 0 Å². The third-order valence-electron chi connectivity index (χ3n) is 6.20. The van der Waals surface area contributed by atoms with E-state index >= 15 is 0 Å². The van der Waals surface area contributed by atoms with Crippen LogP contribution in [0.1, 0.15) is 32.1 Å². The van der Waals surface area contributed by atoms with Crippen molar-refractivity contribution in [3.05, 3.63) is 0 Å². The topological polar surface area (TPSA) is 149 Å². The molecular formula is C18H32O9. The molecule has 6 N–H and O–H groups in total. The fourth-order valence-corrected chi connectivity index (χ4v) is 4.61. The average molecular weight is 392 g/mol. The summed E-state index contributed by atoms with van der Waals surface area (Å²) in [5.74, 6) is -0.907. The molecule has 27 heavy (non-hydrogen) atoms. The fraction of sp³-hybridized carbons (Fsp3) is 1.00. The summed E-state index contributed by atoms with van der Waals surface area (Å²) in [5.41, 5.74) is 0. The molecule has 0 spiro atoms. The Morgan fingerprint density at radius 2 is 1.26 bits per heavy atom. The molecule has 0 amide bonds. The Labute approximate surface area is 158 Å². The van der Waals surface area contributed by atoms with Gasteiger partial charge >= 0.3 is 0 Å². The van der Waals surface area contributed by atoms with Gasteiger partial charge in [0.1, 0.15) is 12.2 Å². The highest BCUT2D eigenvalue weighted by Gasteiger charge is 2.46. The number of hydrogen-bond acceptors (Lipinski definition) is 9. The Kier molecular flexibility index (Phi) is 7.45. The number of rotatable bonds is 2. The molecule has 6 rings (SSSR count). The number of aliphatic hydroxyl groups excluding tert-OH is 6. The van der Waals surface area contributed by atoms with Crippen LogP contribution in [0.3, 0.4) is 0 Å². The predicted molar refractivity (Wildman–Crippen MR) is 91.5 cm³/mol. The van der Waals surface area contributed by atoms with Crippen LogP contribution >= 0.6 is 0 Å². The van der Waals surface area contributed by atoms with Crippen LogP contribution in [0.25, 0.3) is 0 Å². The first-order valence-electron chi connectivity index (χ1n) is 9.84.